The second-order valence-electron chi connectivity index (χ2n) is 5.89. The van der Waals surface area contributed by atoms with E-state index in [4.69, 9.17) is 21.1 Å². The highest BCUT2D eigenvalue weighted by Gasteiger charge is 2.08. The third-order valence-electron chi connectivity index (χ3n) is 4.06. The van der Waals surface area contributed by atoms with Crippen LogP contribution in [0.4, 0.5) is 5.69 Å². The fourth-order valence-corrected chi connectivity index (χ4v) is 2.77. The van der Waals surface area contributed by atoms with Crippen LogP contribution < -0.4 is 20.1 Å². The van der Waals surface area contributed by atoms with Gasteiger partial charge in [-0.2, -0.15) is 0 Å². The van der Waals surface area contributed by atoms with Gasteiger partial charge < -0.3 is 20.1 Å². The highest BCUT2D eigenvalue weighted by atomic mass is 35.5. The van der Waals surface area contributed by atoms with E-state index in [0.29, 0.717) is 30.3 Å². The van der Waals surface area contributed by atoms with Gasteiger partial charge in [-0.05, 0) is 36.6 Å². The lowest BCUT2D eigenvalue weighted by Crippen LogP contribution is -2.27. The molecular weight excluding hydrogens is 352 g/mol. The number of nitrogens with one attached hydrogen (secondary N) is 2. The number of halogens is 1. The average Bonchev–Trinajstić information content (AvgIpc) is 2.64. The molecular formula is C20H25ClN2O3. The minimum absolute atomic E-state index is 0.00273. The van der Waals surface area contributed by atoms with Gasteiger partial charge in [0, 0.05) is 30.6 Å². The number of para-hydroxylation sites is 1. The smallest absolute Gasteiger partial charge is 0.221 e. The van der Waals surface area contributed by atoms with Crippen LogP contribution in [-0.2, 0) is 11.2 Å². The van der Waals surface area contributed by atoms with Crippen molar-refractivity contribution in [1.82, 2.24) is 5.32 Å². The molecule has 0 saturated carbocycles. The topological polar surface area (TPSA) is 59.6 Å². The number of benzene rings is 2. The Labute approximate surface area is 159 Å². The lowest BCUT2D eigenvalue weighted by atomic mass is 10.1. The molecule has 0 bridgehead atoms. The summed E-state index contributed by atoms with van der Waals surface area (Å²) in [4.78, 5) is 12.0. The number of carbonyl (C=O) groups excluding carboxylic acids is 1. The van der Waals surface area contributed by atoms with E-state index in [0.717, 1.165) is 29.0 Å². The van der Waals surface area contributed by atoms with Crippen molar-refractivity contribution < 1.29 is 14.3 Å². The zero-order valence-corrected chi connectivity index (χ0v) is 16.2. The van der Waals surface area contributed by atoms with Crippen molar-refractivity contribution in [2.24, 2.45) is 0 Å². The molecule has 5 nitrogen and oxygen atoms in total. The predicted octanol–water partition coefficient (Wildman–Crippen LogP) is 3.83. The molecule has 0 fully saturated rings. The summed E-state index contributed by atoms with van der Waals surface area (Å²) in [7, 11) is 3.24. The average molecular weight is 377 g/mol. The van der Waals surface area contributed by atoms with Gasteiger partial charge in [0.25, 0.3) is 0 Å². The molecule has 6 heteroatoms. The highest BCUT2D eigenvalue weighted by molar-refractivity contribution is 6.31. The first-order valence-corrected chi connectivity index (χ1v) is 8.89. The first-order chi connectivity index (χ1) is 12.5. The summed E-state index contributed by atoms with van der Waals surface area (Å²) in [6.07, 6.45) is 1.10. The quantitative estimate of drug-likeness (QED) is 0.698. The van der Waals surface area contributed by atoms with Gasteiger partial charge in [0.05, 0.1) is 19.9 Å². The summed E-state index contributed by atoms with van der Waals surface area (Å²) in [5.41, 5.74) is 2.86. The minimum Gasteiger partial charge on any atom is -0.496 e. The molecule has 0 aromatic heterocycles. The van der Waals surface area contributed by atoms with Gasteiger partial charge in [0.2, 0.25) is 5.91 Å². The van der Waals surface area contributed by atoms with Crippen molar-refractivity contribution in [2.45, 2.75) is 19.8 Å². The van der Waals surface area contributed by atoms with Crippen LogP contribution >= 0.6 is 11.6 Å². The van der Waals surface area contributed by atoms with Gasteiger partial charge in [-0.3, -0.25) is 4.79 Å². The number of amides is 1. The maximum Gasteiger partial charge on any atom is 0.221 e. The Morgan fingerprint density at radius 1 is 1.08 bits per heavy atom. The lowest BCUT2D eigenvalue weighted by molar-refractivity contribution is -0.120. The highest BCUT2D eigenvalue weighted by Crippen LogP contribution is 2.30. The van der Waals surface area contributed by atoms with Crippen molar-refractivity contribution in [3.05, 3.63) is 52.5 Å². The van der Waals surface area contributed by atoms with E-state index in [9.17, 15) is 4.79 Å². The Kier molecular flexibility index (Phi) is 7.60. The van der Waals surface area contributed by atoms with Crippen molar-refractivity contribution in [3.63, 3.8) is 0 Å². The molecule has 0 aliphatic rings. The fraction of sp³-hybridized carbons (Fsp3) is 0.350. The maximum absolute atomic E-state index is 12.0. The van der Waals surface area contributed by atoms with Gasteiger partial charge >= 0.3 is 0 Å². The molecule has 2 rings (SSSR count). The van der Waals surface area contributed by atoms with Crippen LogP contribution in [0.3, 0.4) is 0 Å². The zero-order valence-electron chi connectivity index (χ0n) is 15.4. The number of hydrogen-bond acceptors (Lipinski definition) is 4. The van der Waals surface area contributed by atoms with Gasteiger partial charge in [-0.25, -0.2) is 0 Å². The van der Waals surface area contributed by atoms with Crippen molar-refractivity contribution in [2.75, 3.05) is 32.6 Å². The SMILES string of the molecule is COc1ccccc1CCNC(=O)CCNc1cc(C)c(Cl)cc1OC. The molecule has 0 spiro atoms. The summed E-state index contributed by atoms with van der Waals surface area (Å²) in [6.45, 7) is 3.01. The second kappa shape index (κ2) is 9.92. The number of ether oxygens (including phenoxy) is 2. The Balaban J connectivity index is 1.76. The monoisotopic (exact) mass is 376 g/mol. The van der Waals surface area contributed by atoms with E-state index >= 15 is 0 Å². The molecule has 1 amide bonds. The Morgan fingerprint density at radius 3 is 2.54 bits per heavy atom. The summed E-state index contributed by atoms with van der Waals surface area (Å²) >= 11 is 6.10. The molecule has 0 saturated heterocycles. The molecule has 2 aromatic rings. The summed E-state index contributed by atoms with van der Waals surface area (Å²) in [6, 6.07) is 11.5. The molecule has 0 unspecified atom stereocenters. The molecule has 0 radical (unpaired) electrons. The van der Waals surface area contributed by atoms with Gasteiger partial charge in [-0.15, -0.1) is 0 Å². The van der Waals surface area contributed by atoms with E-state index in [1.54, 1.807) is 20.3 Å². The summed E-state index contributed by atoms with van der Waals surface area (Å²) in [5.74, 6) is 1.50. The molecule has 26 heavy (non-hydrogen) atoms. The first kappa shape index (κ1) is 19.9. The van der Waals surface area contributed by atoms with Crippen molar-refractivity contribution >= 4 is 23.2 Å². The number of aryl methyl sites for hydroxylation is 1. The molecule has 0 heterocycles. The number of carbonyl (C=O) groups is 1. The normalized spacial score (nSPS) is 10.3. The Bertz CT molecular complexity index is 750. The van der Waals surface area contributed by atoms with E-state index in [-0.39, 0.29) is 5.91 Å². The minimum atomic E-state index is -0.00273. The van der Waals surface area contributed by atoms with Gasteiger partial charge in [0.1, 0.15) is 11.5 Å². The molecule has 2 N–H and O–H groups in total. The van der Waals surface area contributed by atoms with Crippen molar-refractivity contribution in [3.8, 4) is 11.5 Å². The lowest BCUT2D eigenvalue weighted by Gasteiger charge is -2.13. The molecule has 0 aliphatic carbocycles. The fourth-order valence-electron chi connectivity index (χ4n) is 2.62. The van der Waals surface area contributed by atoms with E-state index in [2.05, 4.69) is 10.6 Å². The Morgan fingerprint density at radius 2 is 1.81 bits per heavy atom. The predicted molar refractivity (Wildman–Crippen MR) is 106 cm³/mol. The summed E-state index contributed by atoms with van der Waals surface area (Å²) in [5, 5.41) is 6.81. The third kappa shape index (κ3) is 5.56. The van der Waals surface area contributed by atoms with Crippen LogP contribution in [0.2, 0.25) is 5.02 Å². The van der Waals surface area contributed by atoms with Crippen LogP contribution in [0.25, 0.3) is 0 Å². The Hall–Kier alpha value is -2.40. The van der Waals surface area contributed by atoms with Crippen LogP contribution in [0.1, 0.15) is 17.5 Å². The molecule has 0 atom stereocenters. The van der Waals surface area contributed by atoms with E-state index in [1.165, 1.54) is 0 Å². The number of rotatable bonds is 9. The van der Waals surface area contributed by atoms with E-state index in [1.807, 2.05) is 37.3 Å². The second-order valence-corrected chi connectivity index (χ2v) is 6.30. The van der Waals surface area contributed by atoms with Crippen LogP contribution in [-0.4, -0.2) is 33.2 Å². The third-order valence-corrected chi connectivity index (χ3v) is 4.46. The number of anilines is 1. The van der Waals surface area contributed by atoms with E-state index < -0.39 is 0 Å². The first-order valence-electron chi connectivity index (χ1n) is 8.51. The molecule has 2 aromatic carbocycles. The largest absolute Gasteiger partial charge is 0.496 e. The van der Waals surface area contributed by atoms with Crippen LogP contribution in [0.5, 0.6) is 11.5 Å². The number of hydrogen-bond donors (Lipinski definition) is 2. The standard InChI is InChI=1S/C20H25ClN2O3/c1-14-12-17(19(26-3)13-16(14)21)22-11-9-20(24)23-10-8-15-6-4-5-7-18(15)25-2/h4-7,12-13,22H,8-11H2,1-3H3,(H,23,24). The number of methoxy groups -OCH3 is 2. The van der Waals surface area contributed by atoms with Gasteiger partial charge in [0.15, 0.2) is 0 Å². The van der Waals surface area contributed by atoms with Crippen molar-refractivity contribution in [1.29, 1.82) is 0 Å². The summed E-state index contributed by atoms with van der Waals surface area (Å²) < 4.78 is 10.6. The molecule has 140 valence electrons. The van der Waals surface area contributed by atoms with Crippen LogP contribution in [0.15, 0.2) is 36.4 Å². The van der Waals surface area contributed by atoms with Crippen LogP contribution in [0, 0.1) is 6.92 Å². The zero-order chi connectivity index (χ0) is 18.9. The maximum atomic E-state index is 12.0. The molecule has 0 aliphatic heterocycles. The van der Waals surface area contributed by atoms with Gasteiger partial charge in [-0.1, -0.05) is 29.8 Å².